The van der Waals surface area contributed by atoms with Crippen molar-refractivity contribution in [1.29, 1.82) is 0 Å². The fourth-order valence-corrected chi connectivity index (χ4v) is 2.47. The average Bonchev–Trinajstić information content (AvgIpc) is 2.69. The molecule has 94 valence electrons. The van der Waals surface area contributed by atoms with Gasteiger partial charge < -0.3 is 5.32 Å². The predicted octanol–water partition coefficient (Wildman–Crippen LogP) is 3.69. The quantitative estimate of drug-likeness (QED) is 0.830. The summed E-state index contributed by atoms with van der Waals surface area (Å²) >= 11 is 0. The first kappa shape index (κ1) is 12.5. The number of hydrogen-bond donors (Lipinski definition) is 1. The van der Waals surface area contributed by atoms with E-state index in [9.17, 15) is 8.78 Å². The topological polar surface area (TPSA) is 12.0 Å². The Bertz CT molecular complexity index is 420. The maximum absolute atomic E-state index is 13.9. The van der Waals surface area contributed by atoms with Gasteiger partial charge in [-0.1, -0.05) is 19.9 Å². The number of halogens is 2. The average molecular weight is 239 g/mol. The molecule has 1 saturated heterocycles. The Morgan fingerprint density at radius 1 is 1.29 bits per heavy atom. The van der Waals surface area contributed by atoms with Crippen LogP contribution in [0.5, 0.6) is 0 Å². The predicted molar refractivity (Wildman–Crippen MR) is 65.0 cm³/mol. The maximum Gasteiger partial charge on any atom is 0.163 e. The van der Waals surface area contributed by atoms with Crippen LogP contribution in [0.3, 0.4) is 0 Å². The van der Waals surface area contributed by atoms with Crippen molar-refractivity contribution >= 4 is 0 Å². The normalized spacial score (nSPS) is 24.6. The van der Waals surface area contributed by atoms with Crippen LogP contribution >= 0.6 is 0 Å². The van der Waals surface area contributed by atoms with Crippen LogP contribution < -0.4 is 5.32 Å². The molecule has 1 unspecified atom stereocenters. The minimum absolute atomic E-state index is 0.203. The fourth-order valence-electron chi connectivity index (χ4n) is 2.47. The second-order valence-electron chi connectivity index (χ2n) is 5.38. The van der Waals surface area contributed by atoms with Crippen LogP contribution in [-0.4, -0.2) is 6.54 Å². The van der Waals surface area contributed by atoms with Crippen molar-refractivity contribution in [3.05, 3.63) is 34.9 Å². The molecular weight excluding hydrogens is 220 g/mol. The summed E-state index contributed by atoms with van der Waals surface area (Å²) in [5.41, 5.74) is 0.906. The van der Waals surface area contributed by atoms with E-state index < -0.39 is 17.2 Å². The number of nitrogens with one attached hydrogen (secondary N) is 1. The first-order valence-corrected chi connectivity index (χ1v) is 6.18. The van der Waals surface area contributed by atoms with E-state index in [0.29, 0.717) is 5.56 Å². The van der Waals surface area contributed by atoms with Crippen LogP contribution in [0.25, 0.3) is 0 Å². The van der Waals surface area contributed by atoms with E-state index in [1.165, 1.54) is 6.07 Å². The Labute approximate surface area is 101 Å². The zero-order chi connectivity index (χ0) is 12.6. The molecule has 3 heteroatoms. The molecule has 17 heavy (non-hydrogen) atoms. The van der Waals surface area contributed by atoms with E-state index in [4.69, 9.17) is 0 Å². The van der Waals surface area contributed by atoms with Crippen molar-refractivity contribution in [2.45, 2.75) is 45.1 Å². The molecule has 0 amide bonds. The van der Waals surface area contributed by atoms with Crippen molar-refractivity contribution in [1.82, 2.24) is 5.32 Å². The molecule has 1 N–H and O–H groups in total. The molecule has 1 aromatic carbocycles. The standard InChI is InChI=1S/C14H19F2N/c1-9(2)10-7-11(13(16)12(15)8-10)14(3)5-4-6-17-14/h7-9,17H,4-6H2,1-3H3. The Morgan fingerprint density at radius 3 is 2.53 bits per heavy atom. The lowest BCUT2D eigenvalue weighted by atomic mass is 9.87. The lowest BCUT2D eigenvalue weighted by Gasteiger charge is -2.26. The highest BCUT2D eigenvalue weighted by molar-refractivity contribution is 5.34. The van der Waals surface area contributed by atoms with Crippen LogP contribution in [-0.2, 0) is 5.54 Å². The smallest absolute Gasteiger partial charge is 0.163 e. The second-order valence-corrected chi connectivity index (χ2v) is 5.38. The molecule has 1 fully saturated rings. The van der Waals surface area contributed by atoms with E-state index in [0.717, 1.165) is 24.9 Å². The summed E-state index contributed by atoms with van der Waals surface area (Å²) < 4.78 is 27.5. The monoisotopic (exact) mass is 239 g/mol. The highest BCUT2D eigenvalue weighted by atomic mass is 19.2. The molecule has 0 radical (unpaired) electrons. The summed E-state index contributed by atoms with van der Waals surface area (Å²) in [5, 5.41) is 3.28. The van der Waals surface area contributed by atoms with Crippen LogP contribution in [0.4, 0.5) is 8.78 Å². The molecule has 0 bridgehead atoms. The zero-order valence-corrected chi connectivity index (χ0v) is 10.6. The third-order valence-corrected chi connectivity index (χ3v) is 3.68. The third-order valence-electron chi connectivity index (χ3n) is 3.68. The molecule has 1 aliphatic rings. The largest absolute Gasteiger partial charge is 0.308 e. The first-order chi connectivity index (χ1) is 7.94. The Kier molecular flexibility index (Phi) is 3.21. The highest BCUT2D eigenvalue weighted by Crippen LogP contribution is 2.34. The molecule has 1 heterocycles. The van der Waals surface area contributed by atoms with Crippen molar-refractivity contribution in [2.24, 2.45) is 0 Å². The Hall–Kier alpha value is -0.960. The van der Waals surface area contributed by atoms with Crippen LogP contribution in [0.1, 0.15) is 50.7 Å². The SMILES string of the molecule is CC(C)c1cc(F)c(F)c(C2(C)CCCN2)c1. The molecule has 2 rings (SSSR count). The van der Waals surface area contributed by atoms with E-state index in [1.54, 1.807) is 6.07 Å². The van der Waals surface area contributed by atoms with Gasteiger partial charge in [-0.05, 0) is 43.9 Å². The lowest BCUT2D eigenvalue weighted by Crippen LogP contribution is -2.34. The van der Waals surface area contributed by atoms with Crippen molar-refractivity contribution in [3.8, 4) is 0 Å². The van der Waals surface area contributed by atoms with Crippen molar-refractivity contribution in [2.75, 3.05) is 6.54 Å². The van der Waals surface area contributed by atoms with Gasteiger partial charge in [0.2, 0.25) is 0 Å². The van der Waals surface area contributed by atoms with E-state index >= 15 is 0 Å². The fraction of sp³-hybridized carbons (Fsp3) is 0.571. The highest BCUT2D eigenvalue weighted by Gasteiger charge is 2.34. The van der Waals surface area contributed by atoms with Crippen molar-refractivity contribution < 1.29 is 8.78 Å². The molecule has 1 atom stereocenters. The van der Waals surface area contributed by atoms with E-state index in [-0.39, 0.29) is 5.92 Å². The van der Waals surface area contributed by atoms with Gasteiger partial charge in [-0.25, -0.2) is 8.78 Å². The molecular formula is C14H19F2N. The van der Waals surface area contributed by atoms with E-state index in [2.05, 4.69) is 5.32 Å². The van der Waals surface area contributed by atoms with Crippen LogP contribution in [0, 0.1) is 11.6 Å². The van der Waals surface area contributed by atoms with Gasteiger partial charge in [0.1, 0.15) is 0 Å². The minimum Gasteiger partial charge on any atom is -0.308 e. The van der Waals surface area contributed by atoms with Gasteiger partial charge in [-0.15, -0.1) is 0 Å². The summed E-state index contributed by atoms with van der Waals surface area (Å²) in [5.74, 6) is -1.23. The lowest BCUT2D eigenvalue weighted by molar-refractivity contribution is 0.393. The first-order valence-electron chi connectivity index (χ1n) is 6.18. The summed E-state index contributed by atoms with van der Waals surface area (Å²) in [6.45, 7) is 6.78. The number of hydrogen-bond acceptors (Lipinski definition) is 1. The third kappa shape index (κ3) is 2.21. The van der Waals surface area contributed by atoms with Gasteiger partial charge in [0, 0.05) is 11.1 Å². The molecule has 0 spiro atoms. The number of rotatable bonds is 2. The summed E-state index contributed by atoms with van der Waals surface area (Å²) in [6, 6.07) is 3.11. The molecule has 0 aliphatic carbocycles. The zero-order valence-electron chi connectivity index (χ0n) is 10.6. The number of benzene rings is 1. The Balaban J connectivity index is 2.52. The van der Waals surface area contributed by atoms with Gasteiger partial charge in [0.25, 0.3) is 0 Å². The Morgan fingerprint density at radius 2 is 2.00 bits per heavy atom. The molecule has 1 nitrogen and oxygen atoms in total. The van der Waals surface area contributed by atoms with Crippen LogP contribution in [0.2, 0.25) is 0 Å². The van der Waals surface area contributed by atoms with Gasteiger partial charge in [0.05, 0.1) is 0 Å². The molecule has 1 aliphatic heterocycles. The summed E-state index contributed by atoms with van der Waals surface area (Å²) in [7, 11) is 0. The summed E-state index contributed by atoms with van der Waals surface area (Å²) in [4.78, 5) is 0. The minimum atomic E-state index is -0.735. The van der Waals surface area contributed by atoms with Crippen LogP contribution in [0.15, 0.2) is 12.1 Å². The second kappa shape index (κ2) is 4.37. The van der Waals surface area contributed by atoms with Gasteiger partial charge in [0.15, 0.2) is 11.6 Å². The molecule has 0 saturated carbocycles. The van der Waals surface area contributed by atoms with Gasteiger partial charge in [-0.2, -0.15) is 0 Å². The van der Waals surface area contributed by atoms with E-state index in [1.807, 2.05) is 20.8 Å². The van der Waals surface area contributed by atoms with Gasteiger partial charge in [-0.3, -0.25) is 0 Å². The maximum atomic E-state index is 13.9. The van der Waals surface area contributed by atoms with Crippen molar-refractivity contribution in [3.63, 3.8) is 0 Å². The van der Waals surface area contributed by atoms with Gasteiger partial charge >= 0.3 is 0 Å². The molecule has 0 aromatic heterocycles. The molecule has 1 aromatic rings. The summed E-state index contributed by atoms with van der Waals surface area (Å²) in [6.07, 6.45) is 1.86.